The van der Waals surface area contributed by atoms with Crippen LogP contribution in [0.15, 0.2) is 0 Å². The minimum atomic E-state index is 0.892. The molecule has 1 N–H and O–H groups in total. The molecule has 1 atom stereocenters. The van der Waals surface area contributed by atoms with Gasteiger partial charge in [-0.15, -0.1) is 0 Å². The van der Waals surface area contributed by atoms with Crippen LogP contribution in [0.3, 0.4) is 0 Å². The topological polar surface area (TPSA) is 12.0 Å². The largest absolute Gasteiger partial charge is 0.314 e. The number of rotatable bonds is 6. The van der Waals surface area contributed by atoms with Crippen molar-refractivity contribution in [2.45, 2.75) is 71.3 Å². The summed E-state index contributed by atoms with van der Waals surface area (Å²) in [4.78, 5) is 0. The third-order valence-electron chi connectivity index (χ3n) is 4.88. The first-order valence-electron chi connectivity index (χ1n) is 7.53. The molecule has 0 heterocycles. The smallest absolute Gasteiger partial charge is 0.00682 e. The normalized spacial score (nSPS) is 32.6. The van der Waals surface area contributed by atoms with E-state index in [2.05, 4.69) is 19.2 Å². The molecule has 2 aliphatic rings. The van der Waals surface area contributed by atoms with E-state index in [1.165, 1.54) is 57.9 Å². The van der Waals surface area contributed by atoms with Gasteiger partial charge in [-0.3, -0.25) is 0 Å². The Labute approximate surface area is 101 Å². The molecule has 1 unspecified atom stereocenters. The SMILES string of the molecule is CCC1CCC(C(C)CCNC2CC2)CC1. The van der Waals surface area contributed by atoms with Gasteiger partial charge in [0.05, 0.1) is 0 Å². The molecule has 16 heavy (non-hydrogen) atoms. The molecule has 0 bridgehead atoms. The molecule has 2 aliphatic carbocycles. The van der Waals surface area contributed by atoms with Gasteiger partial charge in [0.25, 0.3) is 0 Å². The molecular formula is C15H29N. The highest BCUT2D eigenvalue weighted by Crippen LogP contribution is 2.35. The Kier molecular flexibility index (Phi) is 4.69. The predicted molar refractivity (Wildman–Crippen MR) is 70.5 cm³/mol. The van der Waals surface area contributed by atoms with Crippen LogP contribution in [-0.2, 0) is 0 Å². The summed E-state index contributed by atoms with van der Waals surface area (Å²) in [5, 5.41) is 3.65. The molecular weight excluding hydrogens is 194 g/mol. The van der Waals surface area contributed by atoms with Crippen LogP contribution in [0.1, 0.15) is 65.2 Å². The summed E-state index contributed by atoms with van der Waals surface area (Å²) in [6.45, 7) is 6.10. The summed E-state index contributed by atoms with van der Waals surface area (Å²) in [7, 11) is 0. The maximum atomic E-state index is 3.65. The summed E-state index contributed by atoms with van der Waals surface area (Å²) in [6, 6.07) is 0.892. The molecule has 0 aromatic carbocycles. The van der Waals surface area contributed by atoms with E-state index in [0.717, 1.165) is 23.8 Å². The average molecular weight is 223 g/mol. The lowest BCUT2D eigenvalue weighted by Crippen LogP contribution is -2.25. The van der Waals surface area contributed by atoms with Gasteiger partial charge in [-0.2, -0.15) is 0 Å². The third-order valence-corrected chi connectivity index (χ3v) is 4.88. The van der Waals surface area contributed by atoms with Crippen LogP contribution in [0.2, 0.25) is 0 Å². The van der Waals surface area contributed by atoms with Crippen LogP contribution in [0.4, 0.5) is 0 Å². The van der Waals surface area contributed by atoms with Gasteiger partial charge in [0.1, 0.15) is 0 Å². The molecule has 1 heteroatoms. The van der Waals surface area contributed by atoms with Crippen molar-refractivity contribution >= 4 is 0 Å². The number of hydrogen-bond donors (Lipinski definition) is 1. The predicted octanol–water partition coefficient (Wildman–Crippen LogP) is 3.98. The Balaban J connectivity index is 1.59. The molecule has 0 aromatic rings. The van der Waals surface area contributed by atoms with E-state index in [1.807, 2.05) is 0 Å². The van der Waals surface area contributed by atoms with Crippen molar-refractivity contribution in [2.24, 2.45) is 17.8 Å². The van der Waals surface area contributed by atoms with Gasteiger partial charge in [-0.05, 0) is 56.4 Å². The minimum absolute atomic E-state index is 0.892. The van der Waals surface area contributed by atoms with E-state index in [0.29, 0.717) is 0 Å². The molecule has 2 fully saturated rings. The summed E-state index contributed by atoms with van der Waals surface area (Å²) in [5.74, 6) is 3.03. The second-order valence-corrected chi connectivity index (χ2v) is 6.18. The maximum absolute atomic E-state index is 3.65. The average Bonchev–Trinajstić information content (AvgIpc) is 3.13. The van der Waals surface area contributed by atoms with Crippen LogP contribution < -0.4 is 5.32 Å². The Morgan fingerprint density at radius 2 is 1.75 bits per heavy atom. The van der Waals surface area contributed by atoms with E-state index in [1.54, 1.807) is 0 Å². The van der Waals surface area contributed by atoms with Gasteiger partial charge < -0.3 is 5.32 Å². The molecule has 0 saturated heterocycles. The highest BCUT2D eigenvalue weighted by atomic mass is 14.9. The fraction of sp³-hybridized carbons (Fsp3) is 1.00. The molecule has 2 saturated carbocycles. The van der Waals surface area contributed by atoms with Crippen molar-refractivity contribution in [3.8, 4) is 0 Å². The Bertz CT molecular complexity index is 190. The Morgan fingerprint density at radius 3 is 2.31 bits per heavy atom. The summed E-state index contributed by atoms with van der Waals surface area (Å²) in [6.07, 6.45) is 11.7. The Morgan fingerprint density at radius 1 is 1.06 bits per heavy atom. The first kappa shape index (κ1) is 12.4. The van der Waals surface area contributed by atoms with Crippen LogP contribution in [-0.4, -0.2) is 12.6 Å². The fourth-order valence-electron chi connectivity index (χ4n) is 3.20. The lowest BCUT2D eigenvalue weighted by atomic mass is 9.75. The van der Waals surface area contributed by atoms with Crippen molar-refractivity contribution in [2.75, 3.05) is 6.54 Å². The van der Waals surface area contributed by atoms with Crippen LogP contribution in [0, 0.1) is 17.8 Å². The van der Waals surface area contributed by atoms with Crippen molar-refractivity contribution in [3.63, 3.8) is 0 Å². The highest BCUT2D eigenvalue weighted by molar-refractivity contribution is 4.81. The van der Waals surface area contributed by atoms with Gasteiger partial charge in [-0.25, -0.2) is 0 Å². The van der Waals surface area contributed by atoms with Crippen molar-refractivity contribution in [1.29, 1.82) is 0 Å². The standard InChI is InChI=1S/C15H29N/c1-3-13-4-6-14(7-5-13)12(2)10-11-16-15-8-9-15/h12-16H,3-11H2,1-2H3. The van der Waals surface area contributed by atoms with Gasteiger partial charge in [0, 0.05) is 6.04 Å². The monoisotopic (exact) mass is 223 g/mol. The molecule has 0 aromatic heterocycles. The quantitative estimate of drug-likeness (QED) is 0.718. The summed E-state index contributed by atoms with van der Waals surface area (Å²) in [5.41, 5.74) is 0. The van der Waals surface area contributed by atoms with Crippen molar-refractivity contribution in [3.05, 3.63) is 0 Å². The van der Waals surface area contributed by atoms with Gasteiger partial charge in [0.15, 0.2) is 0 Å². The molecule has 1 nitrogen and oxygen atoms in total. The summed E-state index contributed by atoms with van der Waals surface area (Å²) < 4.78 is 0. The van der Waals surface area contributed by atoms with Gasteiger partial charge >= 0.3 is 0 Å². The lowest BCUT2D eigenvalue weighted by molar-refractivity contribution is 0.203. The molecule has 2 rings (SSSR count). The second kappa shape index (κ2) is 6.05. The van der Waals surface area contributed by atoms with E-state index in [4.69, 9.17) is 0 Å². The minimum Gasteiger partial charge on any atom is -0.314 e. The first-order valence-corrected chi connectivity index (χ1v) is 7.53. The lowest BCUT2D eigenvalue weighted by Gasteiger charge is -2.32. The zero-order chi connectivity index (χ0) is 11.4. The van der Waals surface area contributed by atoms with Gasteiger partial charge in [-0.1, -0.05) is 33.1 Å². The molecule has 0 radical (unpaired) electrons. The number of hydrogen-bond acceptors (Lipinski definition) is 1. The third kappa shape index (κ3) is 3.76. The molecule has 0 amide bonds. The van der Waals surface area contributed by atoms with Crippen molar-refractivity contribution < 1.29 is 0 Å². The van der Waals surface area contributed by atoms with Crippen LogP contribution >= 0.6 is 0 Å². The molecule has 0 spiro atoms. The zero-order valence-electron chi connectivity index (χ0n) is 11.2. The van der Waals surface area contributed by atoms with E-state index >= 15 is 0 Å². The van der Waals surface area contributed by atoms with Gasteiger partial charge in [0.2, 0.25) is 0 Å². The highest BCUT2D eigenvalue weighted by Gasteiger charge is 2.25. The first-order chi connectivity index (χ1) is 7.79. The fourth-order valence-corrected chi connectivity index (χ4v) is 3.20. The maximum Gasteiger partial charge on any atom is 0.00682 e. The summed E-state index contributed by atoms with van der Waals surface area (Å²) >= 11 is 0. The van der Waals surface area contributed by atoms with Crippen LogP contribution in [0.25, 0.3) is 0 Å². The second-order valence-electron chi connectivity index (χ2n) is 6.18. The number of nitrogens with one attached hydrogen (secondary N) is 1. The Hall–Kier alpha value is -0.0400. The van der Waals surface area contributed by atoms with E-state index in [9.17, 15) is 0 Å². The molecule has 94 valence electrons. The molecule has 0 aliphatic heterocycles. The van der Waals surface area contributed by atoms with Crippen molar-refractivity contribution in [1.82, 2.24) is 5.32 Å². The van der Waals surface area contributed by atoms with E-state index in [-0.39, 0.29) is 0 Å². The van der Waals surface area contributed by atoms with Crippen LogP contribution in [0.5, 0.6) is 0 Å². The van der Waals surface area contributed by atoms with E-state index < -0.39 is 0 Å². The zero-order valence-corrected chi connectivity index (χ0v) is 11.2.